The van der Waals surface area contributed by atoms with Gasteiger partial charge in [-0.3, -0.25) is 4.57 Å². The molecule has 0 amide bonds. The van der Waals surface area contributed by atoms with Crippen LogP contribution in [0.4, 0.5) is 0 Å². The van der Waals surface area contributed by atoms with Gasteiger partial charge in [-0.05, 0) is 24.3 Å². The number of nitrogens with zero attached hydrogens (tertiary/aromatic N) is 4. The third-order valence-corrected chi connectivity index (χ3v) is 6.72. The highest BCUT2D eigenvalue weighted by Gasteiger charge is 2.29. The van der Waals surface area contributed by atoms with E-state index in [1.54, 1.807) is 9.25 Å². The fraction of sp³-hybridized carbons (Fsp3) is 0.529. The molecule has 1 saturated carbocycles. The SMILES string of the molecule is O=c1n(CC2CC2)nc2n1CCN(S(=O)(=O)Cc1ccccc1)CC2. The second kappa shape index (κ2) is 6.42. The lowest BCUT2D eigenvalue weighted by molar-refractivity contribution is 0.408. The predicted molar refractivity (Wildman–Crippen MR) is 93.6 cm³/mol. The van der Waals surface area contributed by atoms with Crippen LogP contribution >= 0.6 is 0 Å². The normalized spacial score (nSPS) is 18.7. The standard InChI is InChI=1S/C17H22N4O3S/c22-17-20-11-10-19(25(23,24)13-15-4-2-1-3-5-15)9-8-16(20)18-21(17)12-14-6-7-14/h1-5,14H,6-13H2. The van der Waals surface area contributed by atoms with E-state index in [0.717, 1.165) is 5.56 Å². The minimum absolute atomic E-state index is 0.0118. The maximum Gasteiger partial charge on any atom is 0.345 e. The van der Waals surface area contributed by atoms with Crippen LogP contribution in [0.15, 0.2) is 35.1 Å². The minimum Gasteiger partial charge on any atom is -0.278 e. The van der Waals surface area contributed by atoms with Crippen LogP contribution in [0.5, 0.6) is 0 Å². The van der Waals surface area contributed by atoms with Crippen LogP contribution < -0.4 is 5.69 Å². The van der Waals surface area contributed by atoms with Gasteiger partial charge in [-0.15, -0.1) is 0 Å². The zero-order valence-corrected chi connectivity index (χ0v) is 14.9. The van der Waals surface area contributed by atoms with Crippen molar-refractivity contribution in [1.82, 2.24) is 18.7 Å². The zero-order valence-electron chi connectivity index (χ0n) is 14.0. The smallest absolute Gasteiger partial charge is 0.278 e. The highest BCUT2D eigenvalue weighted by atomic mass is 32.2. The zero-order chi connectivity index (χ0) is 17.4. The Morgan fingerprint density at radius 2 is 1.84 bits per heavy atom. The Hall–Kier alpha value is -1.93. The van der Waals surface area contributed by atoms with Crippen molar-refractivity contribution in [3.8, 4) is 0 Å². The average Bonchev–Trinajstić information content (AvgIpc) is 3.37. The van der Waals surface area contributed by atoms with Gasteiger partial charge in [0.25, 0.3) is 0 Å². The Kier molecular flexibility index (Phi) is 4.24. The van der Waals surface area contributed by atoms with E-state index in [4.69, 9.17) is 0 Å². The Morgan fingerprint density at radius 1 is 1.08 bits per heavy atom. The fourth-order valence-electron chi connectivity index (χ4n) is 3.26. The minimum atomic E-state index is -3.40. The Balaban J connectivity index is 1.49. The summed E-state index contributed by atoms with van der Waals surface area (Å²) in [5, 5.41) is 4.44. The number of hydrogen-bond acceptors (Lipinski definition) is 4. The number of aromatic nitrogens is 3. The molecule has 7 nitrogen and oxygen atoms in total. The summed E-state index contributed by atoms with van der Waals surface area (Å²) in [6, 6.07) is 9.18. The van der Waals surface area contributed by atoms with Gasteiger partial charge in [0.2, 0.25) is 10.0 Å². The van der Waals surface area contributed by atoms with Crippen molar-refractivity contribution in [3.05, 3.63) is 52.2 Å². The van der Waals surface area contributed by atoms with Gasteiger partial charge in [-0.2, -0.15) is 9.40 Å². The monoisotopic (exact) mass is 362 g/mol. The van der Waals surface area contributed by atoms with Crippen LogP contribution in [0, 0.1) is 5.92 Å². The Bertz CT molecular complexity index is 913. The first-order valence-electron chi connectivity index (χ1n) is 8.71. The van der Waals surface area contributed by atoms with Crippen molar-refractivity contribution in [2.75, 3.05) is 13.1 Å². The van der Waals surface area contributed by atoms with Crippen LogP contribution in [0.1, 0.15) is 24.2 Å². The van der Waals surface area contributed by atoms with E-state index in [1.165, 1.54) is 17.1 Å². The summed E-state index contributed by atoms with van der Waals surface area (Å²) >= 11 is 0. The number of sulfonamides is 1. The molecule has 0 atom stereocenters. The first kappa shape index (κ1) is 16.5. The summed E-state index contributed by atoms with van der Waals surface area (Å²) in [5.74, 6) is 1.27. The van der Waals surface area contributed by atoms with Gasteiger partial charge >= 0.3 is 5.69 Å². The molecular formula is C17H22N4O3S. The second-order valence-corrected chi connectivity index (χ2v) is 8.84. The lowest BCUT2D eigenvalue weighted by Crippen LogP contribution is -2.36. The molecule has 1 aliphatic carbocycles. The van der Waals surface area contributed by atoms with Gasteiger partial charge in [0.05, 0.1) is 5.75 Å². The van der Waals surface area contributed by atoms with Crippen molar-refractivity contribution in [2.24, 2.45) is 5.92 Å². The molecular weight excluding hydrogens is 340 g/mol. The molecule has 8 heteroatoms. The number of benzene rings is 1. The third-order valence-electron chi connectivity index (χ3n) is 4.87. The molecule has 0 spiro atoms. The van der Waals surface area contributed by atoms with Crippen LogP contribution in [0.3, 0.4) is 0 Å². The molecule has 1 aromatic heterocycles. The van der Waals surface area contributed by atoms with Crippen LogP contribution in [-0.2, 0) is 35.3 Å². The van der Waals surface area contributed by atoms with Crippen LogP contribution in [0.2, 0.25) is 0 Å². The van der Waals surface area contributed by atoms with Gasteiger partial charge in [0, 0.05) is 32.6 Å². The first-order chi connectivity index (χ1) is 12.0. The Morgan fingerprint density at radius 3 is 2.56 bits per heavy atom. The molecule has 0 saturated heterocycles. The molecule has 0 bridgehead atoms. The van der Waals surface area contributed by atoms with Gasteiger partial charge in [-0.1, -0.05) is 30.3 Å². The lowest BCUT2D eigenvalue weighted by Gasteiger charge is -2.19. The number of fused-ring (bicyclic) bond motifs is 1. The van der Waals surface area contributed by atoms with Gasteiger partial charge in [0.15, 0.2) is 0 Å². The fourth-order valence-corrected chi connectivity index (χ4v) is 4.79. The molecule has 2 heterocycles. The molecule has 2 aromatic rings. The summed E-state index contributed by atoms with van der Waals surface area (Å²) in [6.07, 6.45) is 2.81. The summed E-state index contributed by atoms with van der Waals surface area (Å²) < 4.78 is 30.1. The summed E-state index contributed by atoms with van der Waals surface area (Å²) in [6.45, 7) is 1.74. The van der Waals surface area contributed by atoms with Gasteiger partial charge < -0.3 is 0 Å². The van der Waals surface area contributed by atoms with Crippen molar-refractivity contribution in [2.45, 2.75) is 38.1 Å². The third kappa shape index (κ3) is 3.55. The molecule has 0 radical (unpaired) electrons. The van der Waals surface area contributed by atoms with Gasteiger partial charge in [0.1, 0.15) is 5.82 Å². The van der Waals surface area contributed by atoms with Crippen molar-refractivity contribution in [3.63, 3.8) is 0 Å². The summed E-state index contributed by atoms with van der Waals surface area (Å²) in [4.78, 5) is 12.5. The van der Waals surface area contributed by atoms with E-state index in [-0.39, 0.29) is 11.4 Å². The highest BCUT2D eigenvalue weighted by molar-refractivity contribution is 7.88. The molecule has 1 aromatic carbocycles. The summed E-state index contributed by atoms with van der Waals surface area (Å²) in [5.41, 5.74) is 0.667. The Labute approximate surface area is 146 Å². The van der Waals surface area contributed by atoms with E-state index >= 15 is 0 Å². The quantitative estimate of drug-likeness (QED) is 0.790. The van der Waals surface area contributed by atoms with E-state index in [0.29, 0.717) is 44.3 Å². The van der Waals surface area contributed by atoms with Gasteiger partial charge in [-0.25, -0.2) is 17.9 Å². The average molecular weight is 362 g/mol. The van der Waals surface area contributed by atoms with E-state index < -0.39 is 10.0 Å². The summed E-state index contributed by atoms with van der Waals surface area (Å²) in [7, 11) is -3.40. The van der Waals surface area contributed by atoms with E-state index in [1.807, 2.05) is 30.3 Å². The molecule has 25 heavy (non-hydrogen) atoms. The number of rotatable bonds is 5. The molecule has 2 aliphatic rings. The van der Waals surface area contributed by atoms with Crippen molar-refractivity contribution < 1.29 is 8.42 Å². The molecule has 1 aliphatic heterocycles. The second-order valence-electron chi connectivity index (χ2n) is 6.87. The topological polar surface area (TPSA) is 77.2 Å². The lowest BCUT2D eigenvalue weighted by atomic mass is 10.2. The van der Waals surface area contributed by atoms with Crippen LogP contribution in [-0.4, -0.2) is 40.2 Å². The maximum absolute atomic E-state index is 12.7. The van der Waals surface area contributed by atoms with E-state index in [2.05, 4.69) is 5.10 Å². The predicted octanol–water partition coefficient (Wildman–Crippen LogP) is 0.843. The molecule has 1 fully saturated rings. The molecule has 0 N–H and O–H groups in total. The molecule has 4 rings (SSSR count). The van der Waals surface area contributed by atoms with Crippen molar-refractivity contribution in [1.29, 1.82) is 0 Å². The molecule has 0 unspecified atom stereocenters. The highest BCUT2D eigenvalue weighted by Crippen LogP contribution is 2.29. The van der Waals surface area contributed by atoms with E-state index in [9.17, 15) is 13.2 Å². The van der Waals surface area contributed by atoms with Crippen LogP contribution in [0.25, 0.3) is 0 Å². The molecule has 134 valence electrons. The number of hydrogen-bond donors (Lipinski definition) is 0. The maximum atomic E-state index is 12.7. The van der Waals surface area contributed by atoms with Crippen molar-refractivity contribution >= 4 is 10.0 Å². The first-order valence-corrected chi connectivity index (χ1v) is 10.3. The largest absolute Gasteiger partial charge is 0.345 e.